The second-order valence-electron chi connectivity index (χ2n) is 7.26. The predicted molar refractivity (Wildman–Crippen MR) is 84.7 cm³/mol. The summed E-state index contributed by atoms with van der Waals surface area (Å²) >= 11 is 0. The van der Waals surface area contributed by atoms with Gasteiger partial charge in [0.05, 0.1) is 18.1 Å². The molecule has 2 unspecified atom stereocenters. The van der Waals surface area contributed by atoms with E-state index < -0.39 is 0 Å². The predicted octanol–water partition coefficient (Wildman–Crippen LogP) is 1.47. The first-order chi connectivity index (χ1) is 10.7. The van der Waals surface area contributed by atoms with E-state index in [2.05, 4.69) is 17.6 Å². The Morgan fingerprint density at radius 1 is 1.27 bits per heavy atom. The highest BCUT2D eigenvalue weighted by Gasteiger charge is 2.60. The SMILES string of the molecule is CCOC1CC(NC(=O)C2(COC)CCNCC2)C12CCC2. The number of ether oxygens (including phenoxy) is 2. The van der Waals surface area contributed by atoms with Crippen LogP contribution in [0.15, 0.2) is 0 Å². The number of carbonyl (C=O) groups is 1. The average Bonchev–Trinajstić information content (AvgIpc) is 2.45. The molecule has 1 amide bonds. The van der Waals surface area contributed by atoms with Gasteiger partial charge in [0.15, 0.2) is 0 Å². The summed E-state index contributed by atoms with van der Waals surface area (Å²) in [5.74, 6) is 0.196. The highest BCUT2D eigenvalue weighted by Crippen LogP contribution is 2.57. The summed E-state index contributed by atoms with van der Waals surface area (Å²) in [5, 5.41) is 6.71. The van der Waals surface area contributed by atoms with Crippen molar-refractivity contribution in [3.05, 3.63) is 0 Å². The molecule has 5 heteroatoms. The number of rotatable bonds is 6. The normalized spacial score (nSPS) is 32.1. The first-order valence-electron chi connectivity index (χ1n) is 8.79. The Morgan fingerprint density at radius 2 is 2.00 bits per heavy atom. The van der Waals surface area contributed by atoms with Crippen molar-refractivity contribution in [3.8, 4) is 0 Å². The van der Waals surface area contributed by atoms with Gasteiger partial charge < -0.3 is 20.1 Å². The number of piperidine rings is 1. The molecule has 3 aliphatic rings. The molecule has 3 rings (SSSR count). The molecule has 126 valence electrons. The van der Waals surface area contributed by atoms with Crippen LogP contribution in [0.5, 0.6) is 0 Å². The van der Waals surface area contributed by atoms with Crippen LogP contribution in [0, 0.1) is 10.8 Å². The molecule has 22 heavy (non-hydrogen) atoms. The Kier molecular flexibility index (Phi) is 4.76. The van der Waals surface area contributed by atoms with E-state index in [1.54, 1.807) is 7.11 Å². The summed E-state index contributed by atoms with van der Waals surface area (Å²) < 4.78 is 11.3. The van der Waals surface area contributed by atoms with Crippen molar-refractivity contribution in [3.63, 3.8) is 0 Å². The molecular weight excluding hydrogens is 280 g/mol. The number of carbonyl (C=O) groups excluding carboxylic acids is 1. The van der Waals surface area contributed by atoms with E-state index in [1.807, 2.05) is 0 Å². The summed E-state index contributed by atoms with van der Waals surface area (Å²) in [4.78, 5) is 12.9. The Hall–Kier alpha value is -0.650. The first kappa shape index (κ1) is 16.2. The molecule has 1 saturated heterocycles. The summed E-state index contributed by atoms with van der Waals surface area (Å²) in [5.41, 5.74) is -0.117. The summed E-state index contributed by atoms with van der Waals surface area (Å²) in [6, 6.07) is 0.300. The van der Waals surface area contributed by atoms with Crippen LogP contribution in [0.2, 0.25) is 0 Å². The fraction of sp³-hybridized carbons (Fsp3) is 0.941. The number of nitrogens with one attached hydrogen (secondary N) is 2. The lowest BCUT2D eigenvalue weighted by Gasteiger charge is -2.61. The molecule has 2 atom stereocenters. The van der Waals surface area contributed by atoms with Crippen LogP contribution in [-0.4, -0.2) is 51.5 Å². The molecule has 1 heterocycles. The highest BCUT2D eigenvalue weighted by molar-refractivity contribution is 5.83. The molecule has 2 saturated carbocycles. The maximum absolute atomic E-state index is 12.9. The summed E-state index contributed by atoms with van der Waals surface area (Å²) in [6.07, 6.45) is 6.71. The third kappa shape index (κ3) is 2.57. The third-order valence-electron chi connectivity index (χ3n) is 6.21. The molecule has 0 aromatic rings. The average molecular weight is 310 g/mol. The zero-order valence-corrected chi connectivity index (χ0v) is 14.0. The van der Waals surface area contributed by atoms with E-state index in [1.165, 1.54) is 19.3 Å². The van der Waals surface area contributed by atoms with Gasteiger partial charge in [0.2, 0.25) is 5.91 Å². The van der Waals surface area contributed by atoms with Crippen molar-refractivity contribution in [2.24, 2.45) is 10.8 Å². The van der Waals surface area contributed by atoms with Crippen LogP contribution < -0.4 is 10.6 Å². The lowest BCUT2D eigenvalue weighted by Crippen LogP contribution is -2.69. The smallest absolute Gasteiger partial charge is 0.228 e. The molecular formula is C17H30N2O3. The minimum Gasteiger partial charge on any atom is -0.384 e. The maximum Gasteiger partial charge on any atom is 0.228 e. The maximum atomic E-state index is 12.9. The van der Waals surface area contributed by atoms with E-state index in [0.717, 1.165) is 39.0 Å². The van der Waals surface area contributed by atoms with Crippen molar-refractivity contribution in [2.45, 2.75) is 57.6 Å². The van der Waals surface area contributed by atoms with Gasteiger partial charge in [-0.2, -0.15) is 0 Å². The Balaban J connectivity index is 1.63. The van der Waals surface area contributed by atoms with Gasteiger partial charge in [0, 0.05) is 25.2 Å². The van der Waals surface area contributed by atoms with Gasteiger partial charge in [0.1, 0.15) is 0 Å². The third-order valence-corrected chi connectivity index (χ3v) is 6.21. The van der Waals surface area contributed by atoms with Crippen molar-refractivity contribution in [1.29, 1.82) is 0 Å². The lowest BCUT2D eigenvalue weighted by atomic mass is 9.51. The topological polar surface area (TPSA) is 59.6 Å². The van der Waals surface area contributed by atoms with Gasteiger partial charge in [-0.3, -0.25) is 4.79 Å². The number of methoxy groups -OCH3 is 1. The molecule has 1 aliphatic heterocycles. The van der Waals surface area contributed by atoms with Gasteiger partial charge >= 0.3 is 0 Å². The van der Waals surface area contributed by atoms with Gasteiger partial charge in [-0.25, -0.2) is 0 Å². The van der Waals surface area contributed by atoms with Crippen LogP contribution in [0.4, 0.5) is 0 Å². The molecule has 2 aliphatic carbocycles. The first-order valence-corrected chi connectivity index (χ1v) is 8.79. The van der Waals surface area contributed by atoms with Crippen LogP contribution >= 0.6 is 0 Å². The van der Waals surface area contributed by atoms with Crippen molar-refractivity contribution in [1.82, 2.24) is 10.6 Å². The highest BCUT2D eigenvalue weighted by atomic mass is 16.5. The van der Waals surface area contributed by atoms with Crippen molar-refractivity contribution in [2.75, 3.05) is 33.4 Å². The van der Waals surface area contributed by atoms with Crippen LogP contribution in [0.25, 0.3) is 0 Å². The Labute approximate surface area is 133 Å². The molecule has 0 aromatic carbocycles. The Morgan fingerprint density at radius 3 is 2.55 bits per heavy atom. The van der Waals surface area contributed by atoms with Gasteiger partial charge in [-0.1, -0.05) is 6.42 Å². The van der Waals surface area contributed by atoms with Crippen LogP contribution in [-0.2, 0) is 14.3 Å². The standard InChI is InChI=1S/C17H30N2O3/c1-3-22-14-11-13(17(14)5-4-6-17)19-15(20)16(12-21-2)7-9-18-10-8-16/h13-14,18H,3-12H2,1-2H3,(H,19,20). The fourth-order valence-electron chi connectivity index (χ4n) is 4.57. The summed E-state index contributed by atoms with van der Waals surface area (Å²) in [7, 11) is 1.69. The largest absolute Gasteiger partial charge is 0.384 e. The van der Waals surface area contributed by atoms with Gasteiger partial charge in [-0.05, 0) is 52.1 Å². The van der Waals surface area contributed by atoms with E-state index in [9.17, 15) is 4.79 Å². The minimum absolute atomic E-state index is 0.196. The van der Waals surface area contributed by atoms with E-state index in [0.29, 0.717) is 18.8 Å². The molecule has 3 fully saturated rings. The quantitative estimate of drug-likeness (QED) is 0.780. The minimum atomic E-state index is -0.346. The zero-order valence-electron chi connectivity index (χ0n) is 14.0. The second-order valence-corrected chi connectivity index (χ2v) is 7.26. The number of hydrogen-bond acceptors (Lipinski definition) is 4. The monoisotopic (exact) mass is 310 g/mol. The van der Waals surface area contributed by atoms with E-state index in [-0.39, 0.29) is 16.7 Å². The van der Waals surface area contributed by atoms with Crippen LogP contribution in [0.3, 0.4) is 0 Å². The second kappa shape index (κ2) is 6.46. The fourth-order valence-corrected chi connectivity index (χ4v) is 4.57. The molecule has 0 aromatic heterocycles. The number of amides is 1. The number of hydrogen-bond donors (Lipinski definition) is 2. The van der Waals surface area contributed by atoms with Crippen molar-refractivity contribution < 1.29 is 14.3 Å². The van der Waals surface area contributed by atoms with E-state index in [4.69, 9.17) is 9.47 Å². The lowest BCUT2D eigenvalue weighted by molar-refractivity contribution is -0.179. The molecule has 5 nitrogen and oxygen atoms in total. The molecule has 0 radical (unpaired) electrons. The van der Waals surface area contributed by atoms with Crippen LogP contribution in [0.1, 0.15) is 45.4 Å². The van der Waals surface area contributed by atoms with E-state index >= 15 is 0 Å². The van der Waals surface area contributed by atoms with Gasteiger partial charge in [0.25, 0.3) is 0 Å². The zero-order chi connectivity index (χ0) is 15.6. The van der Waals surface area contributed by atoms with Gasteiger partial charge in [-0.15, -0.1) is 0 Å². The molecule has 1 spiro atoms. The Bertz CT molecular complexity index is 397. The summed E-state index contributed by atoms with van der Waals surface area (Å²) in [6.45, 7) is 5.14. The molecule has 0 bridgehead atoms. The van der Waals surface area contributed by atoms with Crippen molar-refractivity contribution >= 4 is 5.91 Å². The molecule has 2 N–H and O–H groups in total.